The van der Waals surface area contributed by atoms with Crippen molar-refractivity contribution in [3.63, 3.8) is 0 Å². The lowest BCUT2D eigenvalue weighted by atomic mass is 10.1. The van der Waals surface area contributed by atoms with Crippen LogP contribution in [0.4, 0.5) is 17.6 Å². The van der Waals surface area contributed by atoms with Gasteiger partial charge >= 0.3 is 0 Å². The minimum atomic E-state index is -3.00. The summed E-state index contributed by atoms with van der Waals surface area (Å²) in [5.74, 6) is -2.16. The van der Waals surface area contributed by atoms with Crippen molar-refractivity contribution in [3.8, 4) is 0 Å². The van der Waals surface area contributed by atoms with E-state index in [4.69, 9.17) is 5.73 Å². The molecular weight excluding hydrogens is 266 g/mol. The lowest BCUT2D eigenvalue weighted by Gasteiger charge is -2.12. The van der Waals surface area contributed by atoms with E-state index < -0.39 is 29.7 Å². The van der Waals surface area contributed by atoms with Gasteiger partial charge in [0.2, 0.25) is 0 Å². The minimum absolute atomic E-state index is 0.137. The Morgan fingerprint density at radius 1 is 1.14 bits per heavy atom. The number of hydrogen-bond acceptors (Lipinski definition) is 1. The fourth-order valence-corrected chi connectivity index (χ4v) is 1.40. The summed E-state index contributed by atoms with van der Waals surface area (Å²) in [6.45, 7) is 0. The number of rotatable bonds is 2. The molecule has 0 unspecified atom stereocenters. The Bertz CT molecular complexity index is 319. The smallest absolute Gasteiger partial charge is 0.257 e. The Balaban J connectivity index is 3.20. The van der Waals surface area contributed by atoms with Crippen LogP contribution in [0.3, 0.4) is 0 Å². The molecule has 2 N–H and O–H groups in total. The molecule has 0 bridgehead atoms. The van der Waals surface area contributed by atoms with Gasteiger partial charge in [-0.3, -0.25) is 0 Å². The zero-order valence-corrected chi connectivity index (χ0v) is 8.36. The molecule has 1 aromatic carbocycles. The van der Waals surface area contributed by atoms with Gasteiger partial charge in [0.15, 0.2) is 0 Å². The van der Waals surface area contributed by atoms with E-state index in [1.807, 2.05) is 0 Å². The monoisotopic (exact) mass is 271 g/mol. The zero-order valence-electron chi connectivity index (χ0n) is 6.78. The fraction of sp³-hybridized carbons (Fsp3) is 0.250. The van der Waals surface area contributed by atoms with E-state index in [0.717, 1.165) is 12.1 Å². The first kappa shape index (κ1) is 11.5. The number of benzene rings is 1. The predicted octanol–water partition coefficient (Wildman–Crippen LogP) is 2.99. The number of hydrogen-bond donors (Lipinski definition) is 1. The van der Waals surface area contributed by atoms with Crippen molar-refractivity contribution in [1.82, 2.24) is 0 Å². The van der Waals surface area contributed by atoms with Crippen molar-refractivity contribution < 1.29 is 17.6 Å². The van der Waals surface area contributed by atoms with Crippen LogP contribution in [0.5, 0.6) is 0 Å². The molecule has 0 radical (unpaired) electrons. The van der Waals surface area contributed by atoms with Gasteiger partial charge in [-0.05, 0) is 12.1 Å². The van der Waals surface area contributed by atoms with Crippen LogP contribution in [-0.2, 0) is 0 Å². The highest BCUT2D eigenvalue weighted by Crippen LogP contribution is 2.26. The zero-order chi connectivity index (χ0) is 10.9. The maximum Gasteiger partial charge on any atom is 0.257 e. The third-order valence-electron chi connectivity index (χ3n) is 1.65. The van der Waals surface area contributed by atoms with Gasteiger partial charge < -0.3 is 5.73 Å². The number of halogens is 5. The van der Waals surface area contributed by atoms with E-state index in [9.17, 15) is 17.6 Å². The molecule has 0 saturated carbocycles. The lowest BCUT2D eigenvalue weighted by molar-refractivity contribution is 0.113. The molecule has 0 aliphatic rings. The summed E-state index contributed by atoms with van der Waals surface area (Å²) in [7, 11) is 0. The topological polar surface area (TPSA) is 26.0 Å². The van der Waals surface area contributed by atoms with Gasteiger partial charge in [-0.1, -0.05) is 15.9 Å². The first-order chi connectivity index (χ1) is 6.43. The second-order valence-electron chi connectivity index (χ2n) is 2.64. The Labute approximate surface area is 86.0 Å². The molecule has 6 heteroatoms. The lowest BCUT2D eigenvalue weighted by Crippen LogP contribution is -2.21. The fourth-order valence-electron chi connectivity index (χ4n) is 0.998. The van der Waals surface area contributed by atoms with Gasteiger partial charge in [-0.2, -0.15) is 0 Å². The summed E-state index contributed by atoms with van der Waals surface area (Å²) in [6, 6.07) is -0.163. The van der Waals surface area contributed by atoms with Gasteiger partial charge in [-0.15, -0.1) is 0 Å². The van der Waals surface area contributed by atoms with Crippen molar-refractivity contribution in [2.24, 2.45) is 5.73 Å². The molecule has 0 fully saturated rings. The summed E-state index contributed by atoms with van der Waals surface area (Å²) in [5.41, 5.74) is 4.16. The molecule has 0 aliphatic carbocycles. The van der Waals surface area contributed by atoms with Crippen molar-refractivity contribution in [2.75, 3.05) is 0 Å². The standard InChI is InChI=1S/C8H6BrF4N/c9-3-1-4(10)6(5(11)2-3)7(14)8(12)13/h1-2,7-8H,14H2/t7-/m0/s1. The van der Waals surface area contributed by atoms with Crippen LogP contribution in [-0.4, -0.2) is 6.43 Å². The average molecular weight is 272 g/mol. The van der Waals surface area contributed by atoms with Crippen LogP contribution < -0.4 is 5.73 Å². The molecule has 0 saturated heterocycles. The second kappa shape index (κ2) is 4.27. The van der Waals surface area contributed by atoms with Crippen LogP contribution in [0, 0.1) is 11.6 Å². The molecule has 1 nitrogen and oxygen atoms in total. The van der Waals surface area contributed by atoms with E-state index in [0.29, 0.717) is 0 Å². The molecule has 0 spiro atoms. The maximum atomic E-state index is 13.0. The highest BCUT2D eigenvalue weighted by molar-refractivity contribution is 9.10. The highest BCUT2D eigenvalue weighted by atomic mass is 79.9. The van der Waals surface area contributed by atoms with Crippen LogP contribution in [0.25, 0.3) is 0 Å². The molecule has 1 atom stereocenters. The summed E-state index contributed by atoms with van der Waals surface area (Å²) >= 11 is 2.82. The molecule has 0 heterocycles. The summed E-state index contributed by atoms with van der Waals surface area (Å²) in [4.78, 5) is 0. The molecular formula is C8H6BrF4N. The van der Waals surface area contributed by atoms with Crippen molar-refractivity contribution in [3.05, 3.63) is 33.8 Å². The number of alkyl halides is 2. The molecule has 78 valence electrons. The van der Waals surface area contributed by atoms with E-state index in [1.165, 1.54) is 0 Å². The normalized spacial score (nSPS) is 13.4. The Kier molecular flexibility index (Phi) is 3.49. The van der Waals surface area contributed by atoms with Crippen LogP contribution in [0.1, 0.15) is 11.6 Å². The van der Waals surface area contributed by atoms with Gasteiger partial charge in [0.1, 0.15) is 11.6 Å². The molecule has 1 rings (SSSR count). The van der Waals surface area contributed by atoms with Gasteiger partial charge in [0.25, 0.3) is 6.43 Å². The summed E-state index contributed by atoms with van der Waals surface area (Å²) < 4.78 is 50.4. The van der Waals surface area contributed by atoms with E-state index >= 15 is 0 Å². The first-order valence-electron chi connectivity index (χ1n) is 3.61. The first-order valence-corrected chi connectivity index (χ1v) is 4.41. The summed E-state index contributed by atoms with van der Waals surface area (Å²) in [5, 5.41) is 0. The average Bonchev–Trinajstić information content (AvgIpc) is 2.01. The molecule has 0 aromatic heterocycles. The third kappa shape index (κ3) is 2.24. The molecule has 14 heavy (non-hydrogen) atoms. The maximum absolute atomic E-state index is 13.0. The van der Waals surface area contributed by atoms with Crippen molar-refractivity contribution in [2.45, 2.75) is 12.5 Å². The molecule has 0 amide bonds. The number of nitrogens with two attached hydrogens (primary N) is 1. The largest absolute Gasteiger partial charge is 0.319 e. The van der Waals surface area contributed by atoms with Gasteiger partial charge in [-0.25, -0.2) is 17.6 Å². The second-order valence-corrected chi connectivity index (χ2v) is 3.56. The molecule has 0 aliphatic heterocycles. The van der Waals surface area contributed by atoms with E-state index in [1.54, 1.807) is 0 Å². The Hall–Kier alpha value is -0.620. The van der Waals surface area contributed by atoms with Gasteiger partial charge in [0, 0.05) is 10.0 Å². The predicted molar refractivity (Wildman–Crippen MR) is 47.0 cm³/mol. The molecule has 1 aromatic rings. The minimum Gasteiger partial charge on any atom is -0.319 e. The van der Waals surface area contributed by atoms with Crippen molar-refractivity contribution in [1.29, 1.82) is 0 Å². The SMILES string of the molecule is N[C@@H](c1c(F)cc(Br)cc1F)C(F)F. The van der Waals surface area contributed by atoms with Crippen LogP contribution in [0.15, 0.2) is 16.6 Å². The third-order valence-corrected chi connectivity index (χ3v) is 2.11. The van der Waals surface area contributed by atoms with Gasteiger partial charge in [0.05, 0.1) is 6.04 Å². The Morgan fingerprint density at radius 2 is 1.57 bits per heavy atom. The summed E-state index contributed by atoms with van der Waals surface area (Å²) in [6.07, 6.45) is -3.00. The van der Waals surface area contributed by atoms with Crippen molar-refractivity contribution >= 4 is 15.9 Å². The highest BCUT2D eigenvalue weighted by Gasteiger charge is 2.24. The van der Waals surface area contributed by atoms with Crippen LogP contribution in [0.2, 0.25) is 0 Å². The van der Waals surface area contributed by atoms with E-state index in [-0.39, 0.29) is 4.47 Å². The van der Waals surface area contributed by atoms with Crippen LogP contribution >= 0.6 is 15.9 Å². The quantitative estimate of drug-likeness (QED) is 0.823. The van der Waals surface area contributed by atoms with E-state index in [2.05, 4.69) is 15.9 Å². The Morgan fingerprint density at radius 3 is 1.93 bits per heavy atom.